The molecule has 0 bridgehead atoms. The fraction of sp³-hybridized carbons (Fsp3) is 0.630. The van der Waals surface area contributed by atoms with E-state index in [2.05, 4.69) is 10.2 Å². The second-order valence-electron chi connectivity index (χ2n) is 10.4. The maximum atomic E-state index is 13.1. The molecule has 0 unspecified atom stereocenters. The van der Waals surface area contributed by atoms with E-state index in [-0.39, 0.29) is 16.7 Å². The van der Waals surface area contributed by atoms with Crippen LogP contribution in [0, 0.1) is 5.92 Å². The number of fused-ring (bicyclic) bond motifs is 1. The molecule has 1 N–H and O–H groups in total. The van der Waals surface area contributed by atoms with Gasteiger partial charge in [-0.3, -0.25) is 4.79 Å². The number of anilines is 1. The largest absolute Gasteiger partial charge is 0.379 e. The SMILES string of the molecule is O=C(NC1CCCCCCC1)[C@H]1CCCN(c2ccc3cc(S(=O)(=O)N4CCOCC4)ccc3n2)C1. The third-order valence-corrected chi connectivity index (χ3v) is 9.72. The molecular weight excluding hydrogens is 476 g/mol. The molecule has 36 heavy (non-hydrogen) atoms. The third-order valence-electron chi connectivity index (χ3n) is 7.82. The van der Waals surface area contributed by atoms with Crippen molar-refractivity contribution in [2.45, 2.75) is 68.7 Å². The van der Waals surface area contributed by atoms with Crippen LogP contribution in [0.1, 0.15) is 57.8 Å². The quantitative estimate of drug-likeness (QED) is 0.654. The molecule has 1 atom stereocenters. The molecule has 3 heterocycles. The van der Waals surface area contributed by atoms with Gasteiger partial charge >= 0.3 is 0 Å². The van der Waals surface area contributed by atoms with Gasteiger partial charge in [-0.2, -0.15) is 4.31 Å². The normalized spacial score (nSPS) is 23.2. The molecule has 5 rings (SSSR count). The molecule has 9 heteroatoms. The Morgan fingerprint density at radius 3 is 2.44 bits per heavy atom. The molecule has 1 saturated carbocycles. The van der Waals surface area contributed by atoms with Gasteiger partial charge in [-0.1, -0.05) is 32.1 Å². The predicted octanol–water partition coefficient (Wildman–Crippen LogP) is 3.70. The van der Waals surface area contributed by atoms with E-state index < -0.39 is 10.0 Å². The lowest BCUT2D eigenvalue weighted by Crippen LogP contribution is -2.46. The standard InChI is InChI=1S/C27H38N4O4S/c32-27(28-23-8-4-2-1-3-5-9-23)22-7-6-14-30(20-22)26-13-10-21-19-24(11-12-25(21)29-26)36(33,34)31-15-17-35-18-16-31/h10-13,19,22-23H,1-9,14-18,20H2,(H,28,32)/t22-/m0/s1. The van der Waals surface area contributed by atoms with E-state index in [1.807, 2.05) is 12.1 Å². The molecule has 1 aromatic carbocycles. The third kappa shape index (κ3) is 5.84. The van der Waals surface area contributed by atoms with Crippen LogP contribution in [0.15, 0.2) is 35.2 Å². The van der Waals surface area contributed by atoms with Crippen LogP contribution < -0.4 is 10.2 Å². The second kappa shape index (κ2) is 11.4. The molecule has 196 valence electrons. The van der Waals surface area contributed by atoms with Crippen LogP contribution in [-0.4, -0.2) is 69.0 Å². The van der Waals surface area contributed by atoms with E-state index >= 15 is 0 Å². The van der Waals surface area contributed by atoms with Crippen LogP contribution in [0.3, 0.4) is 0 Å². The number of aromatic nitrogens is 1. The zero-order chi connectivity index (χ0) is 25.0. The molecule has 3 fully saturated rings. The van der Waals surface area contributed by atoms with Crippen molar-refractivity contribution in [3.8, 4) is 0 Å². The number of ether oxygens (including phenoxy) is 1. The van der Waals surface area contributed by atoms with E-state index in [1.165, 1.54) is 36.4 Å². The summed E-state index contributed by atoms with van der Waals surface area (Å²) in [5.41, 5.74) is 0.759. The minimum absolute atomic E-state index is 0.0253. The Morgan fingerprint density at radius 1 is 0.917 bits per heavy atom. The number of morpholine rings is 1. The van der Waals surface area contributed by atoms with Gasteiger partial charge in [0.25, 0.3) is 0 Å². The van der Waals surface area contributed by atoms with Crippen molar-refractivity contribution in [2.24, 2.45) is 5.92 Å². The Morgan fingerprint density at radius 2 is 1.67 bits per heavy atom. The predicted molar refractivity (Wildman–Crippen MR) is 141 cm³/mol. The Hall–Kier alpha value is -2.23. The van der Waals surface area contributed by atoms with Crippen LogP contribution in [-0.2, 0) is 19.6 Å². The molecule has 2 saturated heterocycles. The summed E-state index contributed by atoms with van der Waals surface area (Å²) in [6.45, 7) is 3.14. The number of benzene rings is 1. The maximum Gasteiger partial charge on any atom is 0.243 e. The van der Waals surface area contributed by atoms with Gasteiger partial charge in [0.1, 0.15) is 5.82 Å². The lowest BCUT2D eigenvalue weighted by atomic mass is 9.94. The number of hydrogen-bond acceptors (Lipinski definition) is 6. The first kappa shape index (κ1) is 25.4. The average molecular weight is 515 g/mol. The van der Waals surface area contributed by atoms with Crippen molar-refractivity contribution in [3.05, 3.63) is 30.3 Å². The van der Waals surface area contributed by atoms with E-state index in [0.29, 0.717) is 38.9 Å². The maximum absolute atomic E-state index is 13.1. The fourth-order valence-electron chi connectivity index (χ4n) is 5.68. The average Bonchev–Trinajstić information content (AvgIpc) is 2.90. The van der Waals surface area contributed by atoms with Crippen molar-refractivity contribution in [2.75, 3.05) is 44.3 Å². The van der Waals surface area contributed by atoms with Crippen LogP contribution in [0.4, 0.5) is 5.82 Å². The van der Waals surface area contributed by atoms with Gasteiger partial charge in [-0.25, -0.2) is 13.4 Å². The van der Waals surface area contributed by atoms with E-state index in [1.54, 1.807) is 18.2 Å². The highest BCUT2D eigenvalue weighted by Crippen LogP contribution is 2.27. The summed E-state index contributed by atoms with van der Waals surface area (Å²) in [4.78, 5) is 20.4. The zero-order valence-electron chi connectivity index (χ0n) is 21.0. The molecule has 1 aliphatic carbocycles. The summed E-state index contributed by atoms with van der Waals surface area (Å²) in [6, 6.07) is 9.34. The molecule has 1 amide bonds. The Balaban J connectivity index is 1.26. The Bertz CT molecular complexity index is 1160. The summed E-state index contributed by atoms with van der Waals surface area (Å²) in [6.07, 6.45) is 10.3. The summed E-state index contributed by atoms with van der Waals surface area (Å²) in [5.74, 6) is 1.00. The molecule has 3 aliphatic rings. The summed E-state index contributed by atoms with van der Waals surface area (Å²) < 4.78 is 32.8. The van der Waals surface area contributed by atoms with Gasteiger partial charge < -0.3 is 15.0 Å². The summed E-state index contributed by atoms with van der Waals surface area (Å²) in [5, 5.41) is 4.15. The number of amides is 1. The van der Waals surface area contributed by atoms with E-state index in [9.17, 15) is 13.2 Å². The minimum Gasteiger partial charge on any atom is -0.379 e. The van der Waals surface area contributed by atoms with Crippen molar-refractivity contribution < 1.29 is 17.9 Å². The number of carbonyl (C=O) groups is 1. The number of pyridine rings is 1. The first-order valence-corrected chi connectivity index (χ1v) is 15.0. The Kier molecular flexibility index (Phi) is 8.08. The fourth-order valence-corrected chi connectivity index (χ4v) is 7.13. The van der Waals surface area contributed by atoms with E-state index in [0.717, 1.165) is 48.9 Å². The summed E-state index contributed by atoms with van der Waals surface area (Å²) in [7, 11) is -3.55. The van der Waals surface area contributed by atoms with Crippen molar-refractivity contribution >= 4 is 32.7 Å². The molecule has 8 nitrogen and oxygen atoms in total. The van der Waals surface area contributed by atoms with Gasteiger partial charge in [0, 0.05) is 37.6 Å². The lowest BCUT2D eigenvalue weighted by molar-refractivity contribution is -0.126. The minimum atomic E-state index is -3.55. The molecule has 2 aliphatic heterocycles. The molecule has 1 aromatic heterocycles. The van der Waals surface area contributed by atoms with E-state index in [4.69, 9.17) is 9.72 Å². The van der Waals surface area contributed by atoms with Gasteiger partial charge in [0.15, 0.2) is 0 Å². The van der Waals surface area contributed by atoms with Gasteiger partial charge in [-0.15, -0.1) is 0 Å². The van der Waals surface area contributed by atoms with Gasteiger partial charge in [0.2, 0.25) is 15.9 Å². The highest BCUT2D eigenvalue weighted by atomic mass is 32.2. The van der Waals surface area contributed by atoms with Crippen LogP contribution in [0.25, 0.3) is 10.9 Å². The van der Waals surface area contributed by atoms with Crippen molar-refractivity contribution in [1.82, 2.24) is 14.6 Å². The Labute approximate surface area is 214 Å². The highest BCUT2D eigenvalue weighted by molar-refractivity contribution is 7.89. The van der Waals surface area contributed by atoms with Crippen molar-refractivity contribution in [1.29, 1.82) is 0 Å². The first-order chi connectivity index (χ1) is 17.5. The monoisotopic (exact) mass is 514 g/mol. The number of piperidine rings is 1. The number of carbonyl (C=O) groups excluding carboxylic acids is 1. The smallest absolute Gasteiger partial charge is 0.243 e. The lowest BCUT2D eigenvalue weighted by Gasteiger charge is -2.34. The molecular formula is C27H38N4O4S. The number of sulfonamides is 1. The number of hydrogen-bond donors (Lipinski definition) is 1. The van der Waals surface area contributed by atoms with Gasteiger partial charge in [-0.05, 0) is 56.0 Å². The van der Waals surface area contributed by atoms with Crippen LogP contribution in [0.5, 0.6) is 0 Å². The van der Waals surface area contributed by atoms with Crippen molar-refractivity contribution in [3.63, 3.8) is 0 Å². The molecule has 0 spiro atoms. The number of nitrogens with one attached hydrogen (secondary N) is 1. The zero-order valence-corrected chi connectivity index (χ0v) is 21.8. The summed E-state index contributed by atoms with van der Waals surface area (Å²) >= 11 is 0. The topological polar surface area (TPSA) is 91.8 Å². The molecule has 2 aromatic rings. The van der Waals surface area contributed by atoms with Crippen LogP contribution >= 0.6 is 0 Å². The van der Waals surface area contributed by atoms with Crippen LogP contribution in [0.2, 0.25) is 0 Å². The number of nitrogens with zero attached hydrogens (tertiary/aromatic N) is 3. The molecule has 0 radical (unpaired) electrons. The van der Waals surface area contributed by atoms with Gasteiger partial charge in [0.05, 0.1) is 29.5 Å². The first-order valence-electron chi connectivity index (χ1n) is 13.5. The highest BCUT2D eigenvalue weighted by Gasteiger charge is 2.29. The second-order valence-corrected chi connectivity index (χ2v) is 12.3. The number of rotatable bonds is 5.